The highest BCUT2D eigenvalue weighted by Gasteiger charge is 2.24. The largest absolute Gasteiger partial charge is 0.496 e. The van der Waals surface area contributed by atoms with E-state index in [0.717, 1.165) is 31.2 Å². The van der Waals surface area contributed by atoms with Crippen LogP contribution in [0.15, 0.2) is 29.0 Å². The summed E-state index contributed by atoms with van der Waals surface area (Å²) in [4.78, 5) is 0. The van der Waals surface area contributed by atoms with E-state index in [-0.39, 0.29) is 17.5 Å². The highest BCUT2D eigenvalue weighted by molar-refractivity contribution is 7.92. The molecule has 0 unspecified atom stereocenters. The van der Waals surface area contributed by atoms with Crippen molar-refractivity contribution in [3.8, 4) is 11.8 Å². The molecule has 1 aliphatic rings. The highest BCUT2D eigenvalue weighted by atomic mass is 32.2. The van der Waals surface area contributed by atoms with E-state index < -0.39 is 10.0 Å². The quantitative estimate of drug-likeness (QED) is 0.611. The molecular formula is C20H23N5O4S. The Morgan fingerprint density at radius 2 is 2.13 bits per heavy atom. The van der Waals surface area contributed by atoms with Gasteiger partial charge in [-0.2, -0.15) is 10.4 Å². The molecule has 1 aliphatic carbocycles. The van der Waals surface area contributed by atoms with Gasteiger partial charge in [0.15, 0.2) is 11.4 Å². The Bertz CT molecular complexity index is 1190. The lowest BCUT2D eigenvalue weighted by atomic mass is 9.91. The van der Waals surface area contributed by atoms with Crippen LogP contribution in [0.5, 0.6) is 5.75 Å². The average Bonchev–Trinajstić information content (AvgIpc) is 3.34. The van der Waals surface area contributed by atoms with Crippen molar-refractivity contribution in [3.63, 3.8) is 0 Å². The van der Waals surface area contributed by atoms with Crippen LogP contribution < -0.4 is 9.46 Å². The van der Waals surface area contributed by atoms with Crippen molar-refractivity contribution in [2.24, 2.45) is 5.92 Å². The maximum Gasteiger partial charge on any atom is 0.234 e. The van der Waals surface area contributed by atoms with Gasteiger partial charge in [0.1, 0.15) is 17.2 Å². The van der Waals surface area contributed by atoms with Crippen molar-refractivity contribution < 1.29 is 17.7 Å². The van der Waals surface area contributed by atoms with Crippen molar-refractivity contribution in [3.05, 3.63) is 35.7 Å². The normalized spacial score (nSPS) is 15.2. The smallest absolute Gasteiger partial charge is 0.234 e. The number of fused-ring (bicyclic) bond motifs is 1. The standard InChI is InChI=1S/C20H23N5O4S/c1-28-17-7-15(11-25-12-16(9-21)10-22-25)8-18-19(17)20(23-29-18)24-30(26,27)13-14-5-3-2-4-6-14/h7-8,10,12,14H,2-6,11,13H2,1H3,(H,23,24). The molecule has 30 heavy (non-hydrogen) atoms. The second kappa shape index (κ2) is 8.36. The minimum absolute atomic E-state index is 0.0856. The molecule has 2 heterocycles. The predicted molar refractivity (Wildman–Crippen MR) is 111 cm³/mol. The first-order chi connectivity index (χ1) is 14.5. The summed E-state index contributed by atoms with van der Waals surface area (Å²) in [7, 11) is -2.04. The molecule has 1 N–H and O–H groups in total. The Hall–Kier alpha value is -3.06. The van der Waals surface area contributed by atoms with Crippen LogP contribution in [0.25, 0.3) is 11.0 Å². The molecule has 158 valence electrons. The Morgan fingerprint density at radius 1 is 1.33 bits per heavy atom. The number of hydrogen-bond donors (Lipinski definition) is 1. The summed E-state index contributed by atoms with van der Waals surface area (Å²) in [5.41, 5.74) is 1.70. The summed E-state index contributed by atoms with van der Waals surface area (Å²) < 4.78 is 40.4. The van der Waals surface area contributed by atoms with Crippen molar-refractivity contribution >= 4 is 26.8 Å². The molecule has 4 rings (SSSR count). The molecule has 0 amide bonds. The molecule has 0 saturated heterocycles. The van der Waals surface area contributed by atoms with Gasteiger partial charge in [0.05, 0.1) is 31.2 Å². The molecule has 0 spiro atoms. The number of rotatable bonds is 7. The Kier molecular flexibility index (Phi) is 5.63. The Balaban J connectivity index is 1.58. The maximum atomic E-state index is 12.7. The minimum atomic E-state index is -3.55. The molecule has 0 aliphatic heterocycles. The van der Waals surface area contributed by atoms with E-state index in [1.165, 1.54) is 19.7 Å². The second-order valence-electron chi connectivity index (χ2n) is 7.63. The van der Waals surface area contributed by atoms with Gasteiger partial charge in [0, 0.05) is 6.20 Å². The van der Waals surface area contributed by atoms with E-state index >= 15 is 0 Å². The molecule has 0 bridgehead atoms. The number of anilines is 1. The number of benzene rings is 1. The van der Waals surface area contributed by atoms with Gasteiger partial charge in [-0.25, -0.2) is 8.42 Å². The number of ether oxygens (including phenoxy) is 1. The molecule has 1 saturated carbocycles. The van der Waals surface area contributed by atoms with Gasteiger partial charge in [-0.1, -0.05) is 24.4 Å². The van der Waals surface area contributed by atoms with E-state index in [0.29, 0.717) is 28.8 Å². The predicted octanol–water partition coefficient (Wildman–Crippen LogP) is 3.27. The summed E-state index contributed by atoms with van der Waals surface area (Å²) in [6.07, 6.45) is 8.34. The van der Waals surface area contributed by atoms with Crippen molar-refractivity contribution in [1.82, 2.24) is 14.9 Å². The summed E-state index contributed by atoms with van der Waals surface area (Å²) in [6.45, 7) is 0.400. The van der Waals surface area contributed by atoms with Gasteiger partial charge in [-0.15, -0.1) is 0 Å². The molecule has 2 aromatic heterocycles. The molecule has 1 fully saturated rings. The van der Waals surface area contributed by atoms with Crippen molar-refractivity contribution in [2.45, 2.75) is 38.6 Å². The van der Waals surface area contributed by atoms with Crippen LogP contribution in [-0.4, -0.2) is 36.2 Å². The first-order valence-corrected chi connectivity index (χ1v) is 11.5. The lowest BCUT2D eigenvalue weighted by Crippen LogP contribution is -2.24. The average molecular weight is 430 g/mol. The van der Waals surface area contributed by atoms with Gasteiger partial charge in [-0.3, -0.25) is 9.40 Å². The first-order valence-electron chi connectivity index (χ1n) is 9.87. The summed E-state index contributed by atoms with van der Waals surface area (Å²) in [6, 6.07) is 5.58. The fourth-order valence-corrected chi connectivity index (χ4v) is 5.43. The van der Waals surface area contributed by atoms with Crippen LogP contribution in [-0.2, 0) is 16.6 Å². The molecule has 9 nitrogen and oxygen atoms in total. The second-order valence-corrected chi connectivity index (χ2v) is 9.40. The van der Waals surface area contributed by atoms with Crippen LogP contribution in [0.1, 0.15) is 43.2 Å². The Labute approximate surface area is 174 Å². The summed E-state index contributed by atoms with van der Waals surface area (Å²) in [5, 5.41) is 17.5. The van der Waals surface area contributed by atoms with Crippen LogP contribution in [0, 0.1) is 17.2 Å². The van der Waals surface area contributed by atoms with Crippen molar-refractivity contribution in [1.29, 1.82) is 5.26 Å². The molecule has 10 heteroatoms. The van der Waals surface area contributed by atoms with E-state index in [1.54, 1.807) is 23.0 Å². The Morgan fingerprint density at radius 3 is 2.83 bits per heavy atom. The van der Waals surface area contributed by atoms with Gasteiger partial charge in [0.2, 0.25) is 10.0 Å². The topological polar surface area (TPSA) is 123 Å². The monoisotopic (exact) mass is 429 g/mol. The lowest BCUT2D eigenvalue weighted by molar-refractivity contribution is 0.385. The number of methoxy groups -OCH3 is 1. The zero-order chi connectivity index (χ0) is 21.1. The van der Waals surface area contributed by atoms with Crippen LogP contribution in [0.3, 0.4) is 0 Å². The third-order valence-corrected chi connectivity index (χ3v) is 6.77. The summed E-state index contributed by atoms with van der Waals surface area (Å²) >= 11 is 0. The molecule has 3 aromatic rings. The van der Waals surface area contributed by atoms with Gasteiger partial charge < -0.3 is 9.26 Å². The fourth-order valence-electron chi connectivity index (χ4n) is 3.96. The zero-order valence-corrected chi connectivity index (χ0v) is 17.5. The first kappa shape index (κ1) is 20.2. The lowest BCUT2D eigenvalue weighted by Gasteiger charge is -2.21. The number of nitriles is 1. The number of hydrogen-bond acceptors (Lipinski definition) is 7. The van der Waals surface area contributed by atoms with Crippen molar-refractivity contribution in [2.75, 3.05) is 17.6 Å². The molecule has 1 aromatic carbocycles. The van der Waals surface area contributed by atoms with E-state index in [9.17, 15) is 8.42 Å². The number of sulfonamides is 1. The van der Waals surface area contributed by atoms with Gasteiger partial charge in [0.25, 0.3) is 0 Å². The molecule has 0 radical (unpaired) electrons. The number of nitrogens with one attached hydrogen (secondary N) is 1. The van der Waals surface area contributed by atoms with Gasteiger partial charge in [-0.05, 0) is 36.5 Å². The third-order valence-electron chi connectivity index (χ3n) is 5.36. The summed E-state index contributed by atoms with van der Waals surface area (Å²) in [5.74, 6) is 0.847. The van der Waals surface area contributed by atoms with E-state index in [4.69, 9.17) is 14.5 Å². The SMILES string of the molecule is COc1cc(Cn2cc(C#N)cn2)cc2onc(NS(=O)(=O)CC3CCCCC3)c12. The van der Waals surface area contributed by atoms with Gasteiger partial charge >= 0.3 is 0 Å². The minimum Gasteiger partial charge on any atom is -0.496 e. The fraction of sp³-hybridized carbons (Fsp3) is 0.450. The van der Waals surface area contributed by atoms with Crippen LogP contribution in [0.4, 0.5) is 5.82 Å². The van der Waals surface area contributed by atoms with E-state index in [2.05, 4.69) is 15.0 Å². The molecule has 0 atom stereocenters. The maximum absolute atomic E-state index is 12.7. The van der Waals surface area contributed by atoms with Crippen LogP contribution in [0.2, 0.25) is 0 Å². The zero-order valence-electron chi connectivity index (χ0n) is 16.7. The number of aromatic nitrogens is 3. The van der Waals surface area contributed by atoms with E-state index in [1.807, 2.05) is 6.07 Å². The number of nitrogens with zero attached hydrogens (tertiary/aromatic N) is 4. The molecular weight excluding hydrogens is 406 g/mol. The van der Waals surface area contributed by atoms with Crippen LogP contribution >= 0.6 is 0 Å². The third kappa shape index (κ3) is 4.41. The highest BCUT2D eigenvalue weighted by Crippen LogP contribution is 2.35.